The highest BCUT2D eigenvalue weighted by molar-refractivity contribution is 6.40. The number of anilines is 1. The summed E-state index contributed by atoms with van der Waals surface area (Å²) in [6.07, 6.45) is 0.197. The molecule has 0 saturated heterocycles. The molecule has 6 nitrogen and oxygen atoms in total. The Morgan fingerprint density at radius 2 is 1.43 bits per heavy atom. The Kier molecular flexibility index (Phi) is 8.78. The van der Waals surface area contributed by atoms with Crippen molar-refractivity contribution in [3.05, 3.63) is 98.0 Å². The number of carbonyl (C=O) groups excluding carboxylic acids is 3. The lowest BCUT2D eigenvalue weighted by molar-refractivity contribution is -0.145. The van der Waals surface area contributed by atoms with Crippen molar-refractivity contribution in [1.82, 2.24) is 4.90 Å². The molecule has 0 radical (unpaired) electrons. The molecule has 9 heteroatoms. The zero-order valence-corrected chi connectivity index (χ0v) is 21.5. The number of aryl methyl sites for hydroxylation is 1. The molecule has 0 aliphatic heterocycles. The number of benzene rings is 3. The SMILES string of the molecule is COC(=O)C(Cc1ccc(NC(=O)c2c(Cl)cccc2Cl)cc1)N(C)C(=O)c1c(C)cccc1Cl. The van der Waals surface area contributed by atoms with E-state index in [1.54, 1.807) is 67.6 Å². The molecule has 35 heavy (non-hydrogen) atoms. The van der Waals surface area contributed by atoms with E-state index >= 15 is 0 Å². The average Bonchev–Trinajstić information content (AvgIpc) is 2.82. The van der Waals surface area contributed by atoms with Gasteiger partial charge in [0.1, 0.15) is 6.04 Å². The molecule has 1 atom stereocenters. The second-order valence-corrected chi connectivity index (χ2v) is 9.06. The fourth-order valence-electron chi connectivity index (χ4n) is 3.59. The first-order valence-electron chi connectivity index (χ1n) is 10.6. The van der Waals surface area contributed by atoms with Crippen molar-refractivity contribution >= 4 is 58.3 Å². The van der Waals surface area contributed by atoms with Crippen LogP contribution in [0.25, 0.3) is 0 Å². The fraction of sp³-hybridized carbons (Fsp3) is 0.192. The maximum Gasteiger partial charge on any atom is 0.328 e. The zero-order chi connectivity index (χ0) is 25.7. The molecule has 0 fully saturated rings. The summed E-state index contributed by atoms with van der Waals surface area (Å²) in [5.41, 5.74) is 2.49. The Morgan fingerprint density at radius 3 is 1.97 bits per heavy atom. The molecular weight excluding hydrogens is 511 g/mol. The van der Waals surface area contributed by atoms with Gasteiger partial charge in [0, 0.05) is 19.2 Å². The van der Waals surface area contributed by atoms with Crippen LogP contribution in [0.2, 0.25) is 15.1 Å². The van der Waals surface area contributed by atoms with Gasteiger partial charge in [0.15, 0.2) is 0 Å². The van der Waals surface area contributed by atoms with Gasteiger partial charge in [-0.15, -0.1) is 0 Å². The molecule has 3 aromatic carbocycles. The normalized spacial score (nSPS) is 11.5. The van der Waals surface area contributed by atoms with E-state index < -0.39 is 17.9 Å². The summed E-state index contributed by atoms with van der Waals surface area (Å²) in [6.45, 7) is 1.78. The number of amides is 2. The van der Waals surface area contributed by atoms with Crippen molar-refractivity contribution in [2.45, 2.75) is 19.4 Å². The third-order valence-electron chi connectivity index (χ3n) is 5.53. The Hall–Kier alpha value is -3.06. The van der Waals surface area contributed by atoms with Crippen LogP contribution in [0.4, 0.5) is 5.69 Å². The Morgan fingerprint density at radius 1 is 0.886 bits per heavy atom. The number of esters is 1. The van der Waals surface area contributed by atoms with E-state index in [9.17, 15) is 14.4 Å². The van der Waals surface area contributed by atoms with Crippen molar-refractivity contribution < 1.29 is 19.1 Å². The predicted octanol–water partition coefficient (Wildman–Crippen LogP) is 6.06. The minimum Gasteiger partial charge on any atom is -0.467 e. The first kappa shape index (κ1) is 26.5. The summed E-state index contributed by atoms with van der Waals surface area (Å²) in [6, 6.07) is 16.0. The second kappa shape index (κ2) is 11.6. The Bertz CT molecular complexity index is 1220. The quantitative estimate of drug-likeness (QED) is 0.374. The summed E-state index contributed by atoms with van der Waals surface area (Å²) < 4.78 is 4.95. The zero-order valence-electron chi connectivity index (χ0n) is 19.3. The first-order valence-corrected chi connectivity index (χ1v) is 11.7. The van der Waals surface area contributed by atoms with Gasteiger partial charge in [0.2, 0.25) is 0 Å². The third kappa shape index (κ3) is 6.14. The summed E-state index contributed by atoms with van der Waals surface area (Å²) in [4.78, 5) is 39.7. The van der Waals surface area contributed by atoms with Gasteiger partial charge in [-0.2, -0.15) is 0 Å². The molecule has 0 heterocycles. The highest BCUT2D eigenvalue weighted by atomic mass is 35.5. The van der Waals surface area contributed by atoms with Crippen molar-refractivity contribution in [3.8, 4) is 0 Å². The number of halogens is 3. The molecule has 0 aliphatic carbocycles. The molecule has 3 aromatic rings. The highest BCUT2D eigenvalue weighted by Gasteiger charge is 2.30. The Labute approximate surface area is 218 Å². The molecule has 182 valence electrons. The average molecular weight is 534 g/mol. The summed E-state index contributed by atoms with van der Waals surface area (Å²) in [7, 11) is 2.81. The van der Waals surface area contributed by atoms with Crippen LogP contribution < -0.4 is 5.32 Å². The van der Waals surface area contributed by atoms with Crippen LogP contribution in [-0.4, -0.2) is 42.9 Å². The van der Waals surface area contributed by atoms with Crippen molar-refractivity contribution in [2.75, 3.05) is 19.5 Å². The molecule has 0 spiro atoms. The van der Waals surface area contributed by atoms with Gasteiger partial charge in [-0.3, -0.25) is 9.59 Å². The van der Waals surface area contributed by atoms with Crippen molar-refractivity contribution in [1.29, 1.82) is 0 Å². The maximum atomic E-state index is 13.2. The van der Waals surface area contributed by atoms with Gasteiger partial charge < -0.3 is 15.0 Å². The lowest BCUT2D eigenvalue weighted by Gasteiger charge is -2.27. The predicted molar refractivity (Wildman–Crippen MR) is 139 cm³/mol. The van der Waals surface area contributed by atoms with Gasteiger partial charge in [0.25, 0.3) is 11.8 Å². The highest BCUT2D eigenvalue weighted by Crippen LogP contribution is 2.26. The van der Waals surface area contributed by atoms with Crippen molar-refractivity contribution in [3.63, 3.8) is 0 Å². The van der Waals surface area contributed by atoms with Gasteiger partial charge >= 0.3 is 5.97 Å². The number of hydrogen-bond acceptors (Lipinski definition) is 4. The van der Waals surface area contributed by atoms with Crippen LogP contribution in [0.15, 0.2) is 60.7 Å². The van der Waals surface area contributed by atoms with Crippen LogP contribution >= 0.6 is 34.8 Å². The largest absolute Gasteiger partial charge is 0.467 e. The molecular formula is C26H23Cl3N2O4. The number of nitrogens with zero attached hydrogens (tertiary/aromatic N) is 1. The first-order chi connectivity index (χ1) is 16.6. The molecule has 0 saturated carbocycles. The molecule has 1 N–H and O–H groups in total. The number of hydrogen-bond donors (Lipinski definition) is 1. The number of rotatable bonds is 7. The van der Waals surface area contributed by atoms with E-state index in [1.807, 2.05) is 0 Å². The van der Waals surface area contributed by atoms with Crippen LogP contribution in [0.3, 0.4) is 0 Å². The van der Waals surface area contributed by atoms with E-state index in [2.05, 4.69) is 5.32 Å². The molecule has 2 amide bonds. The summed E-state index contributed by atoms with van der Waals surface area (Å²) in [5, 5.41) is 3.55. The smallest absolute Gasteiger partial charge is 0.328 e. The summed E-state index contributed by atoms with van der Waals surface area (Å²) in [5.74, 6) is -1.39. The number of methoxy groups -OCH3 is 1. The van der Waals surface area contributed by atoms with Crippen molar-refractivity contribution in [2.24, 2.45) is 0 Å². The van der Waals surface area contributed by atoms with Gasteiger partial charge in [-0.1, -0.05) is 65.1 Å². The van der Waals surface area contributed by atoms with Gasteiger partial charge in [-0.05, 0) is 48.4 Å². The molecule has 0 aliphatic rings. The standard InChI is InChI=1S/C26H23Cl3N2O4/c1-15-6-4-7-18(27)22(15)25(33)31(2)21(26(34)35-3)14-16-10-12-17(13-11-16)30-24(32)23-19(28)8-5-9-20(23)29/h4-13,21H,14H2,1-3H3,(H,30,32). The van der Waals surface area contributed by atoms with E-state index in [0.29, 0.717) is 21.8 Å². The fourth-order valence-corrected chi connectivity index (χ4v) is 4.46. The van der Waals surface area contributed by atoms with E-state index in [0.717, 1.165) is 5.56 Å². The number of ether oxygens (including phenoxy) is 1. The maximum absolute atomic E-state index is 13.2. The third-order valence-corrected chi connectivity index (χ3v) is 6.47. The second-order valence-electron chi connectivity index (χ2n) is 7.84. The lowest BCUT2D eigenvalue weighted by atomic mass is 10.0. The van der Waals surface area contributed by atoms with E-state index in [4.69, 9.17) is 39.5 Å². The van der Waals surface area contributed by atoms with Crippen LogP contribution in [0.1, 0.15) is 31.8 Å². The minimum atomic E-state index is -0.884. The topological polar surface area (TPSA) is 75.7 Å². The van der Waals surface area contributed by atoms with Gasteiger partial charge in [0.05, 0.1) is 33.3 Å². The number of likely N-dealkylation sites (N-methyl/N-ethyl adjacent to an activating group) is 1. The molecule has 0 aromatic heterocycles. The lowest BCUT2D eigenvalue weighted by Crippen LogP contribution is -2.44. The Balaban J connectivity index is 1.78. The number of nitrogens with one attached hydrogen (secondary N) is 1. The van der Waals surface area contributed by atoms with Crippen LogP contribution in [-0.2, 0) is 16.0 Å². The molecule has 0 bridgehead atoms. The monoisotopic (exact) mass is 532 g/mol. The van der Waals surface area contributed by atoms with E-state index in [1.165, 1.54) is 19.1 Å². The van der Waals surface area contributed by atoms with Crippen LogP contribution in [0.5, 0.6) is 0 Å². The number of carbonyl (C=O) groups is 3. The molecule has 3 rings (SSSR count). The minimum absolute atomic E-state index is 0.181. The summed E-state index contributed by atoms with van der Waals surface area (Å²) >= 11 is 18.5. The van der Waals surface area contributed by atoms with Gasteiger partial charge in [-0.25, -0.2) is 4.79 Å². The molecule has 1 unspecified atom stereocenters. The van der Waals surface area contributed by atoms with E-state index in [-0.39, 0.29) is 27.9 Å². The van der Waals surface area contributed by atoms with Crippen LogP contribution in [0, 0.1) is 6.92 Å².